The van der Waals surface area contributed by atoms with Crippen molar-refractivity contribution >= 4 is 13.3 Å². The SMILES string of the molecule is CCCC[Si](C)(C)c1ccc(C2CCC(c3ccc(O)cc3)CC2)c(F)c1F. The second-order valence-electron chi connectivity index (χ2n) is 8.96. The molecule has 0 heterocycles. The highest BCUT2D eigenvalue weighted by Crippen LogP contribution is 2.41. The number of benzene rings is 2. The molecule has 152 valence electrons. The lowest BCUT2D eigenvalue weighted by atomic mass is 9.76. The van der Waals surface area contributed by atoms with Gasteiger partial charge in [-0.15, -0.1) is 0 Å². The zero-order chi connectivity index (χ0) is 20.3. The van der Waals surface area contributed by atoms with Gasteiger partial charge >= 0.3 is 0 Å². The van der Waals surface area contributed by atoms with Gasteiger partial charge in [0.1, 0.15) is 5.75 Å². The molecule has 1 fully saturated rings. The fourth-order valence-electron chi connectivity index (χ4n) is 4.64. The van der Waals surface area contributed by atoms with Crippen molar-refractivity contribution in [3.05, 3.63) is 59.2 Å². The second-order valence-corrected chi connectivity index (χ2v) is 13.8. The highest BCUT2D eigenvalue weighted by molar-refractivity contribution is 6.89. The molecule has 1 aliphatic carbocycles. The van der Waals surface area contributed by atoms with Gasteiger partial charge in [-0.25, -0.2) is 8.78 Å². The third-order valence-corrected chi connectivity index (χ3v) is 9.98. The first-order valence-corrected chi connectivity index (χ1v) is 13.8. The maximum absolute atomic E-state index is 15.0. The Kier molecular flexibility index (Phi) is 6.59. The van der Waals surface area contributed by atoms with Crippen LogP contribution in [-0.2, 0) is 0 Å². The van der Waals surface area contributed by atoms with Gasteiger partial charge in [0.05, 0.1) is 8.07 Å². The van der Waals surface area contributed by atoms with Gasteiger partial charge in [0, 0.05) is 0 Å². The summed E-state index contributed by atoms with van der Waals surface area (Å²) in [6.07, 6.45) is 5.84. The Morgan fingerprint density at radius 1 is 0.893 bits per heavy atom. The van der Waals surface area contributed by atoms with E-state index in [-0.39, 0.29) is 11.7 Å². The highest BCUT2D eigenvalue weighted by atomic mass is 28.3. The molecule has 2 aromatic carbocycles. The quantitative estimate of drug-likeness (QED) is 0.525. The van der Waals surface area contributed by atoms with E-state index in [1.165, 1.54) is 5.56 Å². The van der Waals surface area contributed by atoms with Crippen LogP contribution in [0.3, 0.4) is 0 Å². The van der Waals surface area contributed by atoms with Crippen LogP contribution in [0, 0.1) is 11.6 Å². The third kappa shape index (κ3) is 4.48. The first-order chi connectivity index (χ1) is 13.3. The fourth-order valence-corrected chi connectivity index (χ4v) is 7.39. The van der Waals surface area contributed by atoms with Crippen LogP contribution in [0.2, 0.25) is 19.1 Å². The van der Waals surface area contributed by atoms with Crippen LogP contribution in [0.4, 0.5) is 8.78 Å². The number of phenols is 1. The Hall–Kier alpha value is -1.68. The molecule has 3 rings (SSSR count). The zero-order valence-corrected chi connectivity index (χ0v) is 18.3. The first-order valence-electron chi connectivity index (χ1n) is 10.6. The summed E-state index contributed by atoms with van der Waals surface area (Å²) in [7, 11) is -1.94. The van der Waals surface area contributed by atoms with Gasteiger partial charge in [-0.2, -0.15) is 0 Å². The normalized spacial score (nSPS) is 20.3. The lowest BCUT2D eigenvalue weighted by molar-refractivity contribution is 0.381. The summed E-state index contributed by atoms with van der Waals surface area (Å²) in [4.78, 5) is 0. The van der Waals surface area contributed by atoms with Gasteiger partial charge in [-0.1, -0.05) is 63.2 Å². The predicted octanol–water partition coefficient (Wildman–Crippen LogP) is 6.83. The molecule has 0 aliphatic heterocycles. The summed E-state index contributed by atoms with van der Waals surface area (Å²) in [5.41, 5.74) is 1.78. The predicted molar refractivity (Wildman–Crippen MR) is 115 cm³/mol. The monoisotopic (exact) mass is 402 g/mol. The van der Waals surface area contributed by atoms with Crippen molar-refractivity contribution in [2.45, 2.75) is 76.4 Å². The van der Waals surface area contributed by atoms with Crippen molar-refractivity contribution in [1.29, 1.82) is 0 Å². The molecule has 1 saturated carbocycles. The van der Waals surface area contributed by atoms with Gasteiger partial charge in [-0.05, 0) is 66.0 Å². The molecule has 4 heteroatoms. The number of aromatic hydroxyl groups is 1. The summed E-state index contributed by atoms with van der Waals surface area (Å²) in [6, 6.07) is 12.1. The minimum atomic E-state index is -1.94. The molecular formula is C24H32F2OSi. The van der Waals surface area contributed by atoms with E-state index in [1.807, 2.05) is 24.3 Å². The van der Waals surface area contributed by atoms with Crippen LogP contribution in [0.15, 0.2) is 36.4 Å². The maximum Gasteiger partial charge on any atom is 0.162 e. The molecule has 0 bridgehead atoms. The van der Waals surface area contributed by atoms with Crippen LogP contribution in [0.1, 0.15) is 68.4 Å². The first kappa shape index (κ1) is 21.0. The van der Waals surface area contributed by atoms with Crippen molar-refractivity contribution in [1.82, 2.24) is 0 Å². The number of unbranched alkanes of at least 4 members (excludes halogenated alkanes) is 1. The van der Waals surface area contributed by atoms with Gasteiger partial charge in [0.15, 0.2) is 11.6 Å². The largest absolute Gasteiger partial charge is 0.508 e. The summed E-state index contributed by atoms with van der Waals surface area (Å²) in [6.45, 7) is 6.42. The van der Waals surface area contributed by atoms with Gasteiger partial charge in [0.2, 0.25) is 0 Å². The lowest BCUT2D eigenvalue weighted by Gasteiger charge is -2.30. The van der Waals surface area contributed by atoms with E-state index in [0.717, 1.165) is 44.6 Å². The molecule has 1 N–H and O–H groups in total. The highest BCUT2D eigenvalue weighted by Gasteiger charge is 2.31. The molecule has 1 nitrogen and oxygen atoms in total. The van der Waals surface area contributed by atoms with Crippen LogP contribution >= 0.6 is 0 Å². The van der Waals surface area contributed by atoms with Crippen LogP contribution in [0.5, 0.6) is 5.75 Å². The van der Waals surface area contributed by atoms with Crippen LogP contribution in [0.25, 0.3) is 0 Å². The maximum atomic E-state index is 15.0. The summed E-state index contributed by atoms with van der Waals surface area (Å²) < 4.78 is 29.9. The number of hydrogen-bond acceptors (Lipinski definition) is 1. The number of halogens is 2. The molecule has 0 spiro atoms. The average Bonchev–Trinajstić information content (AvgIpc) is 2.69. The molecule has 0 unspecified atom stereocenters. The minimum absolute atomic E-state index is 0.0948. The number of phenolic OH excluding ortho intramolecular Hbond substituents is 1. The van der Waals surface area contributed by atoms with E-state index in [2.05, 4.69) is 20.0 Å². The second kappa shape index (κ2) is 8.77. The van der Waals surface area contributed by atoms with Gasteiger partial charge in [0.25, 0.3) is 0 Å². The zero-order valence-electron chi connectivity index (χ0n) is 17.3. The molecule has 0 amide bonds. The Morgan fingerprint density at radius 3 is 2.11 bits per heavy atom. The number of rotatable bonds is 6. The summed E-state index contributed by atoms with van der Waals surface area (Å²) in [5, 5.41) is 10.1. The summed E-state index contributed by atoms with van der Waals surface area (Å²) in [5.74, 6) is -0.393. The van der Waals surface area contributed by atoms with Crippen molar-refractivity contribution in [2.75, 3.05) is 0 Å². The van der Waals surface area contributed by atoms with E-state index in [1.54, 1.807) is 12.1 Å². The van der Waals surface area contributed by atoms with Crippen molar-refractivity contribution in [3.8, 4) is 5.75 Å². The van der Waals surface area contributed by atoms with Gasteiger partial charge in [-0.3, -0.25) is 0 Å². The Bertz CT molecular complexity index is 793. The fraction of sp³-hybridized carbons (Fsp3) is 0.500. The van der Waals surface area contributed by atoms with Crippen LogP contribution in [-0.4, -0.2) is 13.2 Å². The Labute approximate surface area is 168 Å². The van der Waals surface area contributed by atoms with Crippen LogP contribution < -0.4 is 5.19 Å². The van der Waals surface area contributed by atoms with E-state index >= 15 is 0 Å². The number of hydrogen-bond donors (Lipinski definition) is 1. The van der Waals surface area contributed by atoms with Gasteiger partial charge < -0.3 is 5.11 Å². The third-order valence-electron chi connectivity index (χ3n) is 6.53. The molecule has 28 heavy (non-hydrogen) atoms. The lowest BCUT2D eigenvalue weighted by Crippen LogP contribution is -2.44. The smallest absolute Gasteiger partial charge is 0.162 e. The molecule has 0 radical (unpaired) electrons. The van der Waals surface area contributed by atoms with Crippen molar-refractivity contribution < 1.29 is 13.9 Å². The van der Waals surface area contributed by atoms with E-state index < -0.39 is 19.7 Å². The van der Waals surface area contributed by atoms with E-state index in [0.29, 0.717) is 16.7 Å². The molecule has 2 aromatic rings. The topological polar surface area (TPSA) is 20.2 Å². The average molecular weight is 403 g/mol. The van der Waals surface area contributed by atoms with Crippen molar-refractivity contribution in [2.24, 2.45) is 0 Å². The molecular weight excluding hydrogens is 370 g/mol. The molecule has 0 aromatic heterocycles. The van der Waals surface area contributed by atoms with E-state index in [4.69, 9.17) is 0 Å². The molecule has 0 atom stereocenters. The van der Waals surface area contributed by atoms with E-state index in [9.17, 15) is 13.9 Å². The standard InChI is InChI=1S/C24H32F2OSi/c1-4-5-16-28(2,3)22-15-14-21(23(25)24(22)26)19-8-6-17(7-9-19)18-10-12-20(27)13-11-18/h10-15,17,19,27H,4-9,16H2,1-3H3. The summed E-state index contributed by atoms with van der Waals surface area (Å²) >= 11 is 0. The Morgan fingerprint density at radius 2 is 1.50 bits per heavy atom. The molecule has 0 saturated heterocycles. The Balaban J connectivity index is 1.73. The minimum Gasteiger partial charge on any atom is -0.508 e. The molecule has 1 aliphatic rings. The van der Waals surface area contributed by atoms with Crippen molar-refractivity contribution in [3.63, 3.8) is 0 Å².